The van der Waals surface area contributed by atoms with E-state index in [1.807, 2.05) is 42.3 Å². The van der Waals surface area contributed by atoms with Crippen molar-refractivity contribution in [2.24, 2.45) is 0 Å². The zero-order valence-electron chi connectivity index (χ0n) is 10.4. The van der Waals surface area contributed by atoms with E-state index in [0.29, 0.717) is 0 Å². The normalized spacial score (nSPS) is 11.0. The summed E-state index contributed by atoms with van der Waals surface area (Å²) in [7, 11) is 0. The third-order valence-corrected chi connectivity index (χ3v) is 4.00. The van der Waals surface area contributed by atoms with Crippen LogP contribution in [0.3, 0.4) is 0 Å². The van der Waals surface area contributed by atoms with Crippen LogP contribution in [0.1, 0.15) is 0 Å². The van der Waals surface area contributed by atoms with E-state index in [2.05, 4.69) is 26.0 Å². The van der Waals surface area contributed by atoms with Gasteiger partial charge in [0, 0.05) is 58.4 Å². The molecule has 4 aromatic heterocycles. The maximum atomic E-state index is 4.48. The highest BCUT2D eigenvalue weighted by atomic mass is 32.1. The lowest BCUT2D eigenvalue weighted by Gasteiger charge is -2.01. The lowest BCUT2D eigenvalue weighted by molar-refractivity contribution is 1.30. The van der Waals surface area contributed by atoms with Crippen LogP contribution in [-0.2, 0) is 0 Å². The minimum atomic E-state index is 0.878. The molecule has 0 fully saturated rings. The second-order valence-electron chi connectivity index (χ2n) is 4.40. The van der Waals surface area contributed by atoms with Crippen molar-refractivity contribution >= 4 is 22.4 Å². The van der Waals surface area contributed by atoms with Gasteiger partial charge in [0.15, 0.2) is 0 Å². The Morgan fingerprint density at radius 3 is 2.85 bits per heavy atom. The molecule has 0 amide bonds. The Morgan fingerprint density at radius 2 is 2.05 bits per heavy atom. The Hall–Kier alpha value is -2.53. The monoisotopic (exact) mass is 278 g/mol. The lowest BCUT2D eigenvalue weighted by Crippen LogP contribution is -1.83. The predicted octanol–water partition coefficient (Wildman–Crippen LogP) is 3.75. The fourth-order valence-electron chi connectivity index (χ4n) is 2.23. The zero-order valence-corrected chi connectivity index (χ0v) is 11.3. The molecule has 0 aromatic carbocycles. The summed E-state index contributed by atoms with van der Waals surface area (Å²) in [6.45, 7) is 0. The number of H-pyrrole nitrogens is 1. The highest BCUT2D eigenvalue weighted by molar-refractivity contribution is 7.13. The van der Waals surface area contributed by atoms with Gasteiger partial charge in [0.05, 0.1) is 0 Å². The number of aromatic nitrogens is 4. The molecule has 0 bridgehead atoms. The summed E-state index contributed by atoms with van der Waals surface area (Å²) in [6.07, 6.45) is 9.26. The van der Waals surface area contributed by atoms with Gasteiger partial charge in [-0.2, -0.15) is 0 Å². The molecule has 0 radical (unpaired) electrons. The molecule has 5 heteroatoms. The van der Waals surface area contributed by atoms with Crippen molar-refractivity contribution in [3.8, 4) is 21.7 Å². The zero-order chi connectivity index (χ0) is 13.4. The molecular weight excluding hydrogens is 268 g/mol. The summed E-state index contributed by atoms with van der Waals surface area (Å²) in [4.78, 5) is 16.2. The summed E-state index contributed by atoms with van der Waals surface area (Å²) < 4.78 is 0. The van der Waals surface area contributed by atoms with Gasteiger partial charge in [0.1, 0.15) is 10.7 Å². The molecule has 0 atom stereocenters. The quantitative estimate of drug-likeness (QED) is 0.607. The molecular formula is C15H10N4S. The highest BCUT2D eigenvalue weighted by Gasteiger charge is 2.10. The topological polar surface area (TPSA) is 54.5 Å². The number of thiazole rings is 1. The second-order valence-corrected chi connectivity index (χ2v) is 5.30. The maximum Gasteiger partial charge on any atom is 0.137 e. The summed E-state index contributed by atoms with van der Waals surface area (Å²) in [5, 5.41) is 4.06. The van der Waals surface area contributed by atoms with Crippen LogP contribution in [0, 0.1) is 0 Å². The van der Waals surface area contributed by atoms with Gasteiger partial charge in [-0.15, -0.1) is 11.3 Å². The van der Waals surface area contributed by atoms with Gasteiger partial charge < -0.3 is 4.98 Å². The molecule has 4 rings (SSSR count). The maximum absolute atomic E-state index is 4.48. The molecule has 96 valence electrons. The van der Waals surface area contributed by atoms with Crippen molar-refractivity contribution < 1.29 is 0 Å². The lowest BCUT2D eigenvalue weighted by atomic mass is 10.1. The molecule has 20 heavy (non-hydrogen) atoms. The van der Waals surface area contributed by atoms with Crippen LogP contribution in [0.5, 0.6) is 0 Å². The van der Waals surface area contributed by atoms with Crippen molar-refractivity contribution in [2.75, 3.05) is 0 Å². The first-order valence-corrected chi connectivity index (χ1v) is 7.07. The smallest absolute Gasteiger partial charge is 0.137 e. The number of rotatable bonds is 2. The Bertz CT molecular complexity index is 850. The van der Waals surface area contributed by atoms with E-state index in [1.165, 1.54) is 0 Å². The van der Waals surface area contributed by atoms with Gasteiger partial charge in [-0.3, -0.25) is 4.98 Å². The van der Waals surface area contributed by atoms with Gasteiger partial charge in [0.2, 0.25) is 0 Å². The molecule has 4 heterocycles. The minimum Gasteiger partial charge on any atom is -0.345 e. The third-order valence-electron chi connectivity index (χ3n) is 3.19. The van der Waals surface area contributed by atoms with Crippen molar-refractivity contribution in [1.82, 2.24) is 19.9 Å². The minimum absolute atomic E-state index is 0.878. The number of aromatic amines is 1. The van der Waals surface area contributed by atoms with Gasteiger partial charge in [-0.05, 0) is 12.1 Å². The fourth-order valence-corrected chi connectivity index (χ4v) is 2.90. The Labute approximate surface area is 119 Å². The predicted molar refractivity (Wildman–Crippen MR) is 80.4 cm³/mol. The molecule has 4 nitrogen and oxygen atoms in total. The van der Waals surface area contributed by atoms with E-state index in [0.717, 1.165) is 32.7 Å². The summed E-state index contributed by atoms with van der Waals surface area (Å²) in [5.41, 5.74) is 4.09. The SMILES string of the molecule is c1cncc(-c2cnc3[nH]cc(-c4nccs4)c3c2)c1. The van der Waals surface area contributed by atoms with Crippen molar-refractivity contribution in [3.63, 3.8) is 0 Å². The second kappa shape index (κ2) is 4.54. The number of nitrogens with one attached hydrogen (secondary N) is 1. The first-order chi connectivity index (χ1) is 9.92. The van der Waals surface area contributed by atoms with E-state index in [9.17, 15) is 0 Å². The van der Waals surface area contributed by atoms with Crippen LogP contribution in [0.25, 0.3) is 32.7 Å². The molecule has 4 aromatic rings. The number of fused-ring (bicyclic) bond motifs is 1. The number of hydrogen-bond acceptors (Lipinski definition) is 4. The Kier molecular flexibility index (Phi) is 2.57. The van der Waals surface area contributed by atoms with Crippen LogP contribution < -0.4 is 0 Å². The third kappa shape index (κ3) is 1.80. The molecule has 0 aliphatic carbocycles. The van der Waals surface area contributed by atoms with Crippen molar-refractivity contribution in [2.45, 2.75) is 0 Å². The molecule has 0 spiro atoms. The fraction of sp³-hybridized carbons (Fsp3) is 0. The average molecular weight is 278 g/mol. The molecule has 0 saturated carbocycles. The van der Waals surface area contributed by atoms with Gasteiger partial charge in [-0.25, -0.2) is 9.97 Å². The van der Waals surface area contributed by atoms with Crippen LogP contribution in [0.2, 0.25) is 0 Å². The van der Waals surface area contributed by atoms with Crippen molar-refractivity contribution in [1.29, 1.82) is 0 Å². The standard InChI is InChI=1S/C15H10N4S/c1-2-10(7-16-3-1)11-6-12-13(15-17-4-5-20-15)9-19-14(12)18-8-11/h1-9H,(H,18,19). The van der Waals surface area contributed by atoms with Crippen LogP contribution in [-0.4, -0.2) is 19.9 Å². The van der Waals surface area contributed by atoms with Crippen LogP contribution in [0.4, 0.5) is 0 Å². The van der Waals surface area contributed by atoms with E-state index in [-0.39, 0.29) is 0 Å². The number of hydrogen-bond donors (Lipinski definition) is 1. The first kappa shape index (κ1) is 11.3. The molecule has 0 saturated heterocycles. The summed E-state index contributed by atoms with van der Waals surface area (Å²) >= 11 is 1.63. The number of pyridine rings is 2. The summed E-state index contributed by atoms with van der Waals surface area (Å²) in [6, 6.07) is 6.09. The Balaban J connectivity index is 1.92. The first-order valence-electron chi connectivity index (χ1n) is 6.19. The van der Waals surface area contributed by atoms with E-state index < -0.39 is 0 Å². The highest BCUT2D eigenvalue weighted by Crippen LogP contribution is 2.31. The van der Waals surface area contributed by atoms with Gasteiger partial charge in [0.25, 0.3) is 0 Å². The van der Waals surface area contributed by atoms with E-state index in [1.54, 1.807) is 17.5 Å². The largest absolute Gasteiger partial charge is 0.345 e. The van der Waals surface area contributed by atoms with Gasteiger partial charge in [-0.1, -0.05) is 6.07 Å². The molecule has 0 aliphatic rings. The van der Waals surface area contributed by atoms with E-state index >= 15 is 0 Å². The molecule has 0 unspecified atom stereocenters. The van der Waals surface area contributed by atoms with Crippen molar-refractivity contribution in [3.05, 3.63) is 54.6 Å². The number of nitrogens with zero attached hydrogens (tertiary/aromatic N) is 3. The summed E-state index contributed by atoms with van der Waals surface area (Å²) in [5.74, 6) is 0. The van der Waals surface area contributed by atoms with E-state index in [4.69, 9.17) is 0 Å². The van der Waals surface area contributed by atoms with Crippen LogP contribution >= 0.6 is 11.3 Å². The average Bonchev–Trinajstić information content (AvgIpc) is 3.16. The molecule has 0 aliphatic heterocycles. The van der Waals surface area contributed by atoms with Crippen LogP contribution in [0.15, 0.2) is 54.6 Å². The molecule has 1 N–H and O–H groups in total. The Morgan fingerprint density at radius 1 is 1.05 bits per heavy atom. The van der Waals surface area contributed by atoms with Gasteiger partial charge >= 0.3 is 0 Å².